The third-order valence-electron chi connectivity index (χ3n) is 5.01. The summed E-state index contributed by atoms with van der Waals surface area (Å²) < 4.78 is 1.20. The molecule has 3 aromatic rings. The summed E-state index contributed by atoms with van der Waals surface area (Å²) in [4.78, 5) is 27.3. The Bertz CT molecular complexity index is 1050. The molecule has 0 bridgehead atoms. The van der Waals surface area contributed by atoms with Crippen LogP contribution in [0.3, 0.4) is 0 Å². The second-order valence-corrected chi connectivity index (χ2v) is 6.94. The molecule has 1 aliphatic heterocycles. The highest BCUT2D eigenvalue weighted by molar-refractivity contribution is 5.91. The molecule has 27 heavy (non-hydrogen) atoms. The van der Waals surface area contributed by atoms with Crippen molar-refractivity contribution >= 4 is 28.1 Å². The molecule has 1 saturated heterocycles. The molecule has 0 atom stereocenters. The number of nitrogens with zero attached hydrogens (tertiary/aromatic N) is 3. The van der Waals surface area contributed by atoms with Crippen molar-refractivity contribution in [1.82, 2.24) is 9.78 Å². The third kappa shape index (κ3) is 3.56. The predicted octanol–water partition coefficient (Wildman–Crippen LogP) is 2.94. The fourth-order valence-electron chi connectivity index (χ4n) is 3.53. The lowest BCUT2D eigenvalue weighted by atomic mass is 10.1. The van der Waals surface area contributed by atoms with E-state index in [9.17, 15) is 9.59 Å². The molecule has 138 valence electrons. The largest absolute Gasteiger partial charge is 0.372 e. The Labute approximate surface area is 157 Å². The molecule has 0 unspecified atom stereocenters. The van der Waals surface area contributed by atoms with Crippen molar-refractivity contribution in [2.45, 2.75) is 26.3 Å². The monoisotopic (exact) mass is 362 g/mol. The molecule has 1 aliphatic rings. The number of carbonyl (C=O) groups excluding carboxylic acids is 1. The van der Waals surface area contributed by atoms with Crippen molar-refractivity contribution in [3.05, 3.63) is 64.6 Å². The number of aryl methyl sites for hydroxylation is 1. The van der Waals surface area contributed by atoms with Gasteiger partial charge in [0.2, 0.25) is 5.91 Å². The van der Waals surface area contributed by atoms with E-state index in [1.54, 1.807) is 18.3 Å². The molecule has 0 spiro atoms. The SMILES string of the molecule is Cc1cc(N2CCCC2)ccc1NC(=O)Cn1ncc2ccccc2c1=O. The molecule has 4 rings (SSSR count). The van der Waals surface area contributed by atoms with E-state index in [-0.39, 0.29) is 18.0 Å². The van der Waals surface area contributed by atoms with Crippen LogP contribution in [-0.4, -0.2) is 28.8 Å². The molecule has 2 aromatic carbocycles. The highest BCUT2D eigenvalue weighted by Crippen LogP contribution is 2.25. The molecular weight excluding hydrogens is 340 g/mol. The summed E-state index contributed by atoms with van der Waals surface area (Å²) in [5.74, 6) is -0.267. The molecule has 0 radical (unpaired) electrons. The number of nitrogens with one attached hydrogen (secondary N) is 1. The lowest BCUT2D eigenvalue weighted by Gasteiger charge is -2.19. The number of fused-ring (bicyclic) bond motifs is 1. The number of amides is 1. The van der Waals surface area contributed by atoms with Crippen LogP contribution in [0.2, 0.25) is 0 Å². The van der Waals surface area contributed by atoms with Crippen LogP contribution in [0.1, 0.15) is 18.4 Å². The van der Waals surface area contributed by atoms with Gasteiger partial charge in [0.05, 0.1) is 11.6 Å². The van der Waals surface area contributed by atoms with Crippen molar-refractivity contribution < 1.29 is 4.79 Å². The fraction of sp³-hybridized carbons (Fsp3) is 0.286. The number of aromatic nitrogens is 2. The minimum Gasteiger partial charge on any atom is -0.372 e. The number of hydrogen-bond donors (Lipinski definition) is 1. The van der Waals surface area contributed by atoms with Crippen LogP contribution < -0.4 is 15.8 Å². The summed E-state index contributed by atoms with van der Waals surface area (Å²) in [6.45, 7) is 4.04. The smallest absolute Gasteiger partial charge is 0.275 e. The van der Waals surface area contributed by atoms with Crippen LogP contribution in [0.5, 0.6) is 0 Å². The zero-order valence-electron chi connectivity index (χ0n) is 15.3. The minimum atomic E-state index is -0.267. The van der Waals surface area contributed by atoms with Crippen LogP contribution in [0.15, 0.2) is 53.5 Å². The molecule has 0 saturated carbocycles. The van der Waals surface area contributed by atoms with E-state index in [0.717, 1.165) is 29.7 Å². The van der Waals surface area contributed by atoms with E-state index in [4.69, 9.17) is 0 Å². The molecule has 0 aliphatic carbocycles. The van der Waals surface area contributed by atoms with Crippen molar-refractivity contribution in [2.24, 2.45) is 0 Å². The Morgan fingerprint density at radius 1 is 1.15 bits per heavy atom. The van der Waals surface area contributed by atoms with Gasteiger partial charge in [-0.05, 0) is 49.6 Å². The van der Waals surface area contributed by atoms with E-state index >= 15 is 0 Å². The van der Waals surface area contributed by atoms with Gasteiger partial charge in [-0.3, -0.25) is 9.59 Å². The lowest BCUT2D eigenvalue weighted by molar-refractivity contribution is -0.117. The summed E-state index contributed by atoms with van der Waals surface area (Å²) in [6, 6.07) is 13.3. The number of carbonyl (C=O) groups is 1. The number of anilines is 2. The van der Waals surface area contributed by atoms with Crippen LogP contribution in [0.4, 0.5) is 11.4 Å². The van der Waals surface area contributed by atoms with Gasteiger partial charge in [0, 0.05) is 29.9 Å². The average molecular weight is 362 g/mol. The number of benzene rings is 2. The van der Waals surface area contributed by atoms with Crippen molar-refractivity contribution in [3.63, 3.8) is 0 Å². The summed E-state index contributed by atoms with van der Waals surface area (Å²) in [5, 5.41) is 8.34. The van der Waals surface area contributed by atoms with Gasteiger partial charge in [0.15, 0.2) is 0 Å². The Balaban J connectivity index is 1.49. The van der Waals surface area contributed by atoms with Crippen LogP contribution in [-0.2, 0) is 11.3 Å². The van der Waals surface area contributed by atoms with Gasteiger partial charge in [0.25, 0.3) is 5.56 Å². The highest BCUT2D eigenvalue weighted by Gasteiger charge is 2.14. The molecule has 2 heterocycles. The predicted molar refractivity (Wildman–Crippen MR) is 107 cm³/mol. The molecule has 1 aromatic heterocycles. The zero-order chi connectivity index (χ0) is 18.8. The first-order valence-corrected chi connectivity index (χ1v) is 9.22. The maximum atomic E-state index is 12.5. The topological polar surface area (TPSA) is 67.2 Å². The Kier molecular flexibility index (Phi) is 4.62. The van der Waals surface area contributed by atoms with Gasteiger partial charge in [-0.2, -0.15) is 5.10 Å². The maximum Gasteiger partial charge on any atom is 0.275 e. The van der Waals surface area contributed by atoms with E-state index < -0.39 is 0 Å². The van der Waals surface area contributed by atoms with Crippen molar-refractivity contribution in [3.8, 4) is 0 Å². The first-order valence-electron chi connectivity index (χ1n) is 9.22. The first-order chi connectivity index (χ1) is 13.1. The first kappa shape index (κ1) is 17.3. The van der Waals surface area contributed by atoms with Crippen LogP contribution in [0, 0.1) is 6.92 Å². The van der Waals surface area contributed by atoms with E-state index in [2.05, 4.69) is 21.4 Å². The van der Waals surface area contributed by atoms with Crippen LogP contribution >= 0.6 is 0 Å². The molecular formula is C21H22N4O2. The maximum absolute atomic E-state index is 12.5. The third-order valence-corrected chi connectivity index (χ3v) is 5.01. The molecule has 1 N–H and O–H groups in total. The minimum absolute atomic E-state index is 0.114. The fourth-order valence-corrected chi connectivity index (χ4v) is 3.53. The summed E-state index contributed by atoms with van der Waals surface area (Å²) in [7, 11) is 0. The lowest BCUT2D eigenvalue weighted by Crippen LogP contribution is -2.29. The van der Waals surface area contributed by atoms with Gasteiger partial charge < -0.3 is 10.2 Å². The highest BCUT2D eigenvalue weighted by atomic mass is 16.2. The van der Waals surface area contributed by atoms with Gasteiger partial charge in [-0.25, -0.2) is 4.68 Å². The normalized spacial score (nSPS) is 13.9. The van der Waals surface area contributed by atoms with Gasteiger partial charge in [0.1, 0.15) is 6.54 Å². The molecule has 1 fully saturated rings. The number of hydrogen-bond acceptors (Lipinski definition) is 4. The summed E-state index contributed by atoms with van der Waals surface area (Å²) in [5.41, 5.74) is 2.70. The van der Waals surface area contributed by atoms with Gasteiger partial charge in [-0.15, -0.1) is 0 Å². The van der Waals surface area contributed by atoms with Crippen molar-refractivity contribution in [2.75, 3.05) is 23.3 Å². The number of rotatable bonds is 4. The van der Waals surface area contributed by atoms with E-state index in [1.807, 2.05) is 31.2 Å². The Morgan fingerprint density at radius 2 is 1.93 bits per heavy atom. The van der Waals surface area contributed by atoms with Crippen molar-refractivity contribution in [1.29, 1.82) is 0 Å². The standard InChI is InChI=1S/C21H22N4O2/c1-15-12-17(24-10-4-5-11-24)8-9-19(15)23-20(26)14-25-21(27)18-7-3-2-6-16(18)13-22-25/h2-3,6-9,12-13H,4-5,10-11,14H2,1H3,(H,23,26). The van der Waals surface area contributed by atoms with Gasteiger partial charge >= 0.3 is 0 Å². The Morgan fingerprint density at radius 3 is 2.70 bits per heavy atom. The van der Waals surface area contributed by atoms with E-state index in [0.29, 0.717) is 5.39 Å². The van der Waals surface area contributed by atoms with Crippen LogP contribution in [0.25, 0.3) is 10.8 Å². The summed E-state index contributed by atoms with van der Waals surface area (Å²) >= 11 is 0. The molecule has 6 heteroatoms. The molecule has 6 nitrogen and oxygen atoms in total. The quantitative estimate of drug-likeness (QED) is 0.775. The molecule has 1 amide bonds. The second kappa shape index (κ2) is 7.23. The van der Waals surface area contributed by atoms with Gasteiger partial charge in [-0.1, -0.05) is 18.2 Å². The Hall–Kier alpha value is -3.15. The second-order valence-electron chi connectivity index (χ2n) is 6.94. The summed E-state index contributed by atoms with van der Waals surface area (Å²) in [6.07, 6.45) is 4.07. The average Bonchev–Trinajstić information content (AvgIpc) is 3.21. The zero-order valence-corrected chi connectivity index (χ0v) is 15.3. The van der Waals surface area contributed by atoms with E-state index in [1.165, 1.54) is 23.2 Å².